The molecule has 10 heavy (non-hydrogen) atoms. The first-order chi connectivity index (χ1) is 4.88. The minimum atomic E-state index is 0.581. The van der Waals surface area contributed by atoms with Crippen LogP contribution in [0.2, 0.25) is 0 Å². The first-order valence-electron chi connectivity index (χ1n) is 2.91. The third-order valence-electron chi connectivity index (χ3n) is 1.13. The van der Waals surface area contributed by atoms with Crippen LogP contribution in [-0.2, 0) is 0 Å². The third-order valence-corrected chi connectivity index (χ3v) is 1.13. The third kappa shape index (κ3) is 1.10. The quantitative estimate of drug-likeness (QED) is 0.611. The Balaban J connectivity index is 2.95. The highest BCUT2D eigenvalue weighted by Crippen LogP contribution is 2.06. The summed E-state index contributed by atoms with van der Waals surface area (Å²) >= 11 is 0. The molecule has 0 aromatic carbocycles. The van der Waals surface area contributed by atoms with Crippen LogP contribution in [0.5, 0.6) is 0 Å². The van der Waals surface area contributed by atoms with Crippen LogP contribution in [0.15, 0.2) is 18.7 Å². The Hall–Kier alpha value is -1.45. The minimum absolute atomic E-state index is 0.581. The summed E-state index contributed by atoms with van der Waals surface area (Å²) in [6.07, 6.45) is 3.56. The molecule has 0 atom stereocenters. The second-order valence-corrected chi connectivity index (χ2v) is 1.68. The average Bonchev–Trinajstić information content (AvgIpc) is 2.43. The molecule has 52 valence electrons. The van der Waals surface area contributed by atoms with E-state index in [2.05, 4.69) is 27.2 Å². The predicted molar refractivity (Wildman–Crippen MR) is 38.0 cm³/mol. The van der Waals surface area contributed by atoms with Crippen molar-refractivity contribution in [1.82, 2.24) is 20.6 Å². The Labute approximate surface area is 58.7 Å². The molecule has 1 aromatic heterocycles. The van der Waals surface area contributed by atoms with E-state index in [1.165, 1.54) is 0 Å². The molecule has 0 spiro atoms. The van der Waals surface area contributed by atoms with Crippen molar-refractivity contribution in [3.8, 4) is 0 Å². The van der Waals surface area contributed by atoms with Crippen LogP contribution in [-0.4, -0.2) is 20.6 Å². The van der Waals surface area contributed by atoms with Crippen molar-refractivity contribution in [2.75, 3.05) is 0 Å². The monoisotopic (exact) mass is 136 g/mol. The molecule has 0 aliphatic carbocycles. The number of nitrogens with zero attached hydrogens (tertiary/aromatic N) is 3. The molecule has 1 aromatic rings. The molecule has 1 rings (SSSR count). The molecular weight excluding hydrogens is 128 g/mol. The Morgan fingerprint density at radius 3 is 2.90 bits per heavy atom. The molecule has 0 saturated heterocycles. The molecule has 0 fully saturated rings. The van der Waals surface area contributed by atoms with Crippen LogP contribution < -0.4 is 0 Å². The van der Waals surface area contributed by atoms with Gasteiger partial charge >= 0.3 is 0 Å². The van der Waals surface area contributed by atoms with Crippen LogP contribution >= 0.6 is 0 Å². The van der Waals surface area contributed by atoms with E-state index in [0.29, 0.717) is 5.82 Å². The summed E-state index contributed by atoms with van der Waals surface area (Å²) in [7, 11) is 0. The number of hydrogen-bond acceptors (Lipinski definition) is 3. The summed E-state index contributed by atoms with van der Waals surface area (Å²) in [5, 5.41) is 13.3. The van der Waals surface area contributed by atoms with Crippen LogP contribution in [0.4, 0.5) is 0 Å². The van der Waals surface area contributed by atoms with E-state index in [4.69, 9.17) is 0 Å². The number of H-pyrrole nitrogens is 1. The van der Waals surface area contributed by atoms with Gasteiger partial charge in [-0.25, -0.2) is 0 Å². The molecule has 0 radical (unpaired) electrons. The number of allylic oxidation sites excluding steroid dienone is 3. The summed E-state index contributed by atoms with van der Waals surface area (Å²) < 4.78 is 0. The van der Waals surface area contributed by atoms with Gasteiger partial charge < -0.3 is 0 Å². The topological polar surface area (TPSA) is 54.5 Å². The summed E-state index contributed by atoms with van der Waals surface area (Å²) in [6.45, 7) is 5.49. The van der Waals surface area contributed by atoms with Gasteiger partial charge in [-0.3, -0.25) is 0 Å². The molecular formula is C6H8N4. The van der Waals surface area contributed by atoms with Gasteiger partial charge in [0, 0.05) is 5.57 Å². The first kappa shape index (κ1) is 6.67. The fourth-order valence-electron chi connectivity index (χ4n) is 0.622. The zero-order valence-corrected chi connectivity index (χ0v) is 5.70. The second kappa shape index (κ2) is 2.91. The Morgan fingerprint density at radius 1 is 1.70 bits per heavy atom. The van der Waals surface area contributed by atoms with Gasteiger partial charge in [0.25, 0.3) is 0 Å². The number of rotatable bonds is 2. The first-order valence-corrected chi connectivity index (χ1v) is 2.91. The van der Waals surface area contributed by atoms with Crippen LogP contribution in [0.25, 0.3) is 5.57 Å². The van der Waals surface area contributed by atoms with Gasteiger partial charge in [0.15, 0.2) is 0 Å². The summed E-state index contributed by atoms with van der Waals surface area (Å²) in [5.74, 6) is 0.581. The van der Waals surface area contributed by atoms with Crippen molar-refractivity contribution >= 4 is 5.57 Å². The lowest BCUT2D eigenvalue weighted by Crippen LogP contribution is -1.82. The van der Waals surface area contributed by atoms with E-state index < -0.39 is 0 Å². The van der Waals surface area contributed by atoms with E-state index >= 15 is 0 Å². The number of aromatic amines is 1. The van der Waals surface area contributed by atoms with Crippen molar-refractivity contribution in [2.45, 2.75) is 6.92 Å². The summed E-state index contributed by atoms with van der Waals surface area (Å²) in [4.78, 5) is 0. The highest BCUT2D eigenvalue weighted by atomic mass is 15.5. The van der Waals surface area contributed by atoms with Gasteiger partial charge in [-0.1, -0.05) is 18.7 Å². The molecule has 0 amide bonds. The fourth-order valence-corrected chi connectivity index (χ4v) is 0.622. The van der Waals surface area contributed by atoms with E-state index in [9.17, 15) is 0 Å². The molecule has 0 unspecified atom stereocenters. The number of nitrogens with one attached hydrogen (secondary N) is 1. The maximum Gasteiger partial charge on any atom is 0.204 e. The number of tetrazole rings is 1. The van der Waals surface area contributed by atoms with E-state index in [-0.39, 0.29) is 0 Å². The van der Waals surface area contributed by atoms with Crippen molar-refractivity contribution in [3.63, 3.8) is 0 Å². The molecule has 0 aliphatic rings. The molecule has 0 bridgehead atoms. The van der Waals surface area contributed by atoms with Gasteiger partial charge in [0.05, 0.1) is 0 Å². The van der Waals surface area contributed by atoms with E-state index in [0.717, 1.165) is 5.57 Å². The van der Waals surface area contributed by atoms with Gasteiger partial charge in [-0.05, 0) is 12.1 Å². The van der Waals surface area contributed by atoms with E-state index in [1.807, 2.05) is 13.0 Å². The van der Waals surface area contributed by atoms with Crippen LogP contribution in [0.1, 0.15) is 12.7 Å². The molecule has 1 heterocycles. The maximum absolute atomic E-state index is 3.77. The largest absolute Gasteiger partial charge is 0.204 e. The van der Waals surface area contributed by atoms with Gasteiger partial charge in [0.2, 0.25) is 5.82 Å². The molecule has 0 aliphatic heterocycles. The zero-order chi connectivity index (χ0) is 7.40. The number of aromatic nitrogens is 4. The second-order valence-electron chi connectivity index (χ2n) is 1.68. The zero-order valence-electron chi connectivity index (χ0n) is 5.70. The van der Waals surface area contributed by atoms with Crippen molar-refractivity contribution in [1.29, 1.82) is 0 Å². The Kier molecular flexibility index (Phi) is 1.94. The normalized spacial score (nSPS) is 11.5. The molecule has 4 heteroatoms. The van der Waals surface area contributed by atoms with Gasteiger partial charge in [-0.2, -0.15) is 5.21 Å². The SMILES string of the molecule is C=C/C(=C\C)c1nn[nH]n1. The smallest absolute Gasteiger partial charge is 0.177 e. The predicted octanol–water partition coefficient (Wildman–Crippen LogP) is 0.789. The van der Waals surface area contributed by atoms with Crippen molar-refractivity contribution < 1.29 is 0 Å². The average molecular weight is 136 g/mol. The van der Waals surface area contributed by atoms with Gasteiger partial charge in [-0.15, -0.1) is 10.2 Å². The molecule has 1 N–H and O–H groups in total. The molecule has 4 nitrogen and oxygen atoms in total. The lowest BCUT2D eigenvalue weighted by molar-refractivity contribution is 0.881. The highest BCUT2D eigenvalue weighted by Gasteiger charge is 1.98. The van der Waals surface area contributed by atoms with Crippen molar-refractivity contribution in [2.24, 2.45) is 0 Å². The minimum Gasteiger partial charge on any atom is -0.177 e. The van der Waals surface area contributed by atoms with Crippen molar-refractivity contribution in [3.05, 3.63) is 24.6 Å². The standard InChI is InChI=1S/C6H8N4/c1-3-5(4-2)6-7-9-10-8-6/h3-4H,1H2,2H3,(H,7,8,9,10)/b5-4+. The Morgan fingerprint density at radius 2 is 2.50 bits per heavy atom. The lowest BCUT2D eigenvalue weighted by Gasteiger charge is -1.87. The maximum atomic E-state index is 3.77. The summed E-state index contributed by atoms with van der Waals surface area (Å²) in [5.41, 5.74) is 0.883. The van der Waals surface area contributed by atoms with Gasteiger partial charge in [0.1, 0.15) is 0 Å². The molecule has 0 saturated carbocycles. The highest BCUT2D eigenvalue weighted by molar-refractivity contribution is 5.67. The van der Waals surface area contributed by atoms with E-state index in [1.54, 1.807) is 6.08 Å². The fraction of sp³-hybridized carbons (Fsp3) is 0.167. The number of hydrogen-bond donors (Lipinski definition) is 1. The summed E-state index contributed by atoms with van der Waals surface area (Å²) in [6, 6.07) is 0. The van der Waals surface area contributed by atoms with Crippen LogP contribution in [0.3, 0.4) is 0 Å². The van der Waals surface area contributed by atoms with Crippen LogP contribution in [0, 0.1) is 0 Å². The lowest BCUT2D eigenvalue weighted by atomic mass is 10.2. The Bertz CT molecular complexity index is 234.